The van der Waals surface area contributed by atoms with E-state index in [9.17, 15) is 4.79 Å². The van der Waals surface area contributed by atoms with Crippen molar-refractivity contribution in [2.45, 2.75) is 39.7 Å². The standard InChI is InChI=1S/C18H27NO/c1-14(2)16-9-10-18(20)17(11-16)13-19(3)12-15-7-5-4-6-8-15/h4-8,14,16-17H,9-13H2,1-3H3. The highest BCUT2D eigenvalue weighted by molar-refractivity contribution is 5.82. The summed E-state index contributed by atoms with van der Waals surface area (Å²) in [7, 11) is 2.12. The molecule has 0 aromatic heterocycles. The molecule has 110 valence electrons. The minimum atomic E-state index is 0.241. The molecule has 2 rings (SSSR count). The van der Waals surface area contributed by atoms with Crippen molar-refractivity contribution in [3.05, 3.63) is 35.9 Å². The van der Waals surface area contributed by atoms with Gasteiger partial charge in [-0.3, -0.25) is 4.79 Å². The monoisotopic (exact) mass is 273 g/mol. The zero-order chi connectivity index (χ0) is 14.5. The number of nitrogens with zero attached hydrogens (tertiary/aromatic N) is 1. The van der Waals surface area contributed by atoms with Gasteiger partial charge >= 0.3 is 0 Å². The lowest BCUT2D eigenvalue weighted by atomic mass is 9.75. The van der Waals surface area contributed by atoms with E-state index in [4.69, 9.17) is 0 Å². The highest BCUT2D eigenvalue weighted by Gasteiger charge is 2.30. The zero-order valence-electron chi connectivity index (χ0n) is 13.0. The van der Waals surface area contributed by atoms with Gasteiger partial charge in [-0.25, -0.2) is 0 Å². The molecule has 1 aliphatic carbocycles. The van der Waals surface area contributed by atoms with Crippen LogP contribution in [0, 0.1) is 17.8 Å². The molecule has 1 aromatic rings. The van der Waals surface area contributed by atoms with Crippen molar-refractivity contribution < 1.29 is 4.79 Å². The van der Waals surface area contributed by atoms with Crippen molar-refractivity contribution in [3.8, 4) is 0 Å². The number of carbonyl (C=O) groups is 1. The van der Waals surface area contributed by atoms with Crippen LogP contribution in [-0.2, 0) is 11.3 Å². The van der Waals surface area contributed by atoms with E-state index < -0.39 is 0 Å². The Morgan fingerprint density at radius 3 is 2.60 bits per heavy atom. The van der Waals surface area contributed by atoms with Crippen LogP contribution in [0.4, 0.5) is 0 Å². The van der Waals surface area contributed by atoms with Crippen LogP contribution in [0.5, 0.6) is 0 Å². The minimum Gasteiger partial charge on any atom is -0.301 e. The molecule has 2 unspecified atom stereocenters. The van der Waals surface area contributed by atoms with E-state index in [0.29, 0.717) is 11.7 Å². The molecule has 1 aromatic carbocycles. The topological polar surface area (TPSA) is 20.3 Å². The smallest absolute Gasteiger partial charge is 0.137 e. The maximum Gasteiger partial charge on any atom is 0.137 e. The highest BCUT2D eigenvalue weighted by Crippen LogP contribution is 2.32. The van der Waals surface area contributed by atoms with E-state index in [1.54, 1.807) is 0 Å². The van der Waals surface area contributed by atoms with Crippen LogP contribution in [0.25, 0.3) is 0 Å². The third-order valence-corrected chi connectivity index (χ3v) is 4.57. The lowest BCUT2D eigenvalue weighted by molar-refractivity contribution is -0.126. The predicted molar refractivity (Wildman–Crippen MR) is 83.5 cm³/mol. The molecule has 20 heavy (non-hydrogen) atoms. The molecule has 0 spiro atoms. The summed E-state index contributed by atoms with van der Waals surface area (Å²) >= 11 is 0. The average molecular weight is 273 g/mol. The van der Waals surface area contributed by atoms with E-state index in [1.165, 1.54) is 5.56 Å². The van der Waals surface area contributed by atoms with E-state index in [-0.39, 0.29) is 5.92 Å². The van der Waals surface area contributed by atoms with Gasteiger partial charge in [0.15, 0.2) is 0 Å². The van der Waals surface area contributed by atoms with Crippen molar-refractivity contribution in [3.63, 3.8) is 0 Å². The van der Waals surface area contributed by atoms with Crippen LogP contribution in [0.15, 0.2) is 30.3 Å². The van der Waals surface area contributed by atoms with Gasteiger partial charge in [-0.1, -0.05) is 44.2 Å². The van der Waals surface area contributed by atoms with Crippen molar-refractivity contribution in [2.24, 2.45) is 17.8 Å². The first-order valence-electron chi connectivity index (χ1n) is 7.81. The van der Waals surface area contributed by atoms with Crippen LogP contribution in [0.3, 0.4) is 0 Å². The van der Waals surface area contributed by atoms with Gasteiger partial charge < -0.3 is 4.90 Å². The largest absolute Gasteiger partial charge is 0.301 e. The normalized spacial score (nSPS) is 23.6. The quantitative estimate of drug-likeness (QED) is 0.814. The van der Waals surface area contributed by atoms with Gasteiger partial charge in [0, 0.05) is 25.4 Å². The number of rotatable bonds is 5. The van der Waals surface area contributed by atoms with Gasteiger partial charge in [0.05, 0.1) is 0 Å². The van der Waals surface area contributed by atoms with Crippen molar-refractivity contribution in [1.82, 2.24) is 4.90 Å². The SMILES string of the molecule is CC(C)C1CCC(=O)C(CN(C)Cc2ccccc2)C1. The van der Waals surface area contributed by atoms with Crippen molar-refractivity contribution in [2.75, 3.05) is 13.6 Å². The summed E-state index contributed by atoms with van der Waals surface area (Å²) in [6.45, 7) is 6.39. The van der Waals surface area contributed by atoms with Crippen LogP contribution in [0.2, 0.25) is 0 Å². The van der Waals surface area contributed by atoms with Crippen LogP contribution in [-0.4, -0.2) is 24.3 Å². The molecular weight excluding hydrogens is 246 g/mol. The fourth-order valence-electron chi connectivity index (χ4n) is 3.26. The molecule has 2 atom stereocenters. The molecule has 2 heteroatoms. The summed E-state index contributed by atoms with van der Waals surface area (Å²) in [4.78, 5) is 14.4. The van der Waals surface area contributed by atoms with Crippen molar-refractivity contribution >= 4 is 5.78 Å². The highest BCUT2D eigenvalue weighted by atomic mass is 16.1. The lowest BCUT2D eigenvalue weighted by Gasteiger charge is -2.32. The first kappa shape index (κ1) is 15.2. The Bertz CT molecular complexity index is 426. The summed E-state index contributed by atoms with van der Waals surface area (Å²) in [5.74, 6) is 2.14. The molecular formula is C18H27NO. The van der Waals surface area contributed by atoms with Gasteiger partial charge in [-0.2, -0.15) is 0 Å². The Kier molecular flexibility index (Phi) is 5.36. The zero-order valence-corrected chi connectivity index (χ0v) is 13.0. The van der Waals surface area contributed by atoms with Gasteiger partial charge in [0.2, 0.25) is 0 Å². The van der Waals surface area contributed by atoms with Gasteiger partial charge in [-0.05, 0) is 37.3 Å². The third-order valence-electron chi connectivity index (χ3n) is 4.57. The molecule has 0 bridgehead atoms. The Hall–Kier alpha value is -1.15. The second kappa shape index (κ2) is 7.03. The summed E-state index contributed by atoms with van der Waals surface area (Å²) in [5, 5.41) is 0. The third kappa shape index (κ3) is 4.17. The molecule has 1 saturated carbocycles. The van der Waals surface area contributed by atoms with E-state index in [1.807, 2.05) is 6.07 Å². The maximum absolute atomic E-state index is 12.1. The second-order valence-corrected chi connectivity index (χ2v) is 6.62. The Morgan fingerprint density at radius 1 is 1.25 bits per heavy atom. The number of hydrogen-bond donors (Lipinski definition) is 0. The van der Waals surface area contributed by atoms with Gasteiger partial charge in [0.1, 0.15) is 5.78 Å². The molecule has 1 fully saturated rings. The fraction of sp³-hybridized carbons (Fsp3) is 0.611. The van der Waals surface area contributed by atoms with Crippen LogP contribution < -0.4 is 0 Å². The average Bonchev–Trinajstić information content (AvgIpc) is 2.42. The molecule has 0 N–H and O–H groups in total. The van der Waals surface area contributed by atoms with E-state index in [0.717, 1.165) is 38.3 Å². The number of hydrogen-bond acceptors (Lipinski definition) is 2. The van der Waals surface area contributed by atoms with Crippen LogP contribution in [0.1, 0.15) is 38.7 Å². The number of benzene rings is 1. The predicted octanol–water partition coefficient (Wildman–Crippen LogP) is 3.76. The van der Waals surface area contributed by atoms with E-state index in [2.05, 4.69) is 50.1 Å². The lowest BCUT2D eigenvalue weighted by Crippen LogP contribution is -2.35. The second-order valence-electron chi connectivity index (χ2n) is 6.62. The molecule has 0 saturated heterocycles. The number of Topliss-reactive ketones (excluding diaryl/α,β-unsaturated/α-hetero) is 1. The molecule has 0 aliphatic heterocycles. The van der Waals surface area contributed by atoms with Gasteiger partial charge in [0.25, 0.3) is 0 Å². The molecule has 1 aliphatic rings. The first-order valence-corrected chi connectivity index (χ1v) is 7.81. The minimum absolute atomic E-state index is 0.241. The number of carbonyl (C=O) groups excluding carboxylic acids is 1. The molecule has 0 heterocycles. The summed E-state index contributed by atoms with van der Waals surface area (Å²) in [6, 6.07) is 10.5. The molecule has 0 radical (unpaired) electrons. The fourth-order valence-corrected chi connectivity index (χ4v) is 3.26. The summed E-state index contributed by atoms with van der Waals surface area (Å²) in [6.07, 6.45) is 2.96. The Morgan fingerprint density at radius 2 is 1.95 bits per heavy atom. The Labute approximate surface area is 123 Å². The van der Waals surface area contributed by atoms with Gasteiger partial charge in [-0.15, -0.1) is 0 Å². The number of ketones is 1. The summed E-state index contributed by atoms with van der Waals surface area (Å²) in [5.41, 5.74) is 1.32. The van der Waals surface area contributed by atoms with Crippen LogP contribution >= 0.6 is 0 Å². The summed E-state index contributed by atoms with van der Waals surface area (Å²) < 4.78 is 0. The molecule has 2 nitrogen and oxygen atoms in total. The first-order chi connectivity index (χ1) is 9.56. The maximum atomic E-state index is 12.1. The molecule has 0 amide bonds. The Balaban J connectivity index is 1.89. The van der Waals surface area contributed by atoms with Crippen molar-refractivity contribution in [1.29, 1.82) is 0 Å². The van der Waals surface area contributed by atoms with E-state index >= 15 is 0 Å².